The van der Waals surface area contributed by atoms with Gasteiger partial charge in [0, 0.05) is 4.47 Å². The molecule has 0 fully saturated rings. The van der Waals surface area contributed by atoms with E-state index in [9.17, 15) is 13.2 Å². The first-order valence-corrected chi connectivity index (χ1v) is 4.45. The fourth-order valence-electron chi connectivity index (χ4n) is 1.36. The van der Waals surface area contributed by atoms with Crippen LogP contribution in [0.1, 0.15) is 16.7 Å². The highest BCUT2D eigenvalue weighted by molar-refractivity contribution is 9.10. The Morgan fingerprint density at radius 2 is 1.46 bits per heavy atom. The predicted octanol–water partition coefficient (Wildman–Crippen LogP) is 4.08. The van der Waals surface area contributed by atoms with Gasteiger partial charge in [-0.1, -0.05) is 15.9 Å². The second-order valence-corrected chi connectivity index (χ2v) is 3.83. The van der Waals surface area contributed by atoms with Crippen molar-refractivity contribution >= 4 is 15.9 Å². The summed E-state index contributed by atoms with van der Waals surface area (Å²) in [5.74, 6) is 0. The first kappa shape index (κ1) is 10.6. The largest absolute Gasteiger partial charge is 0.416 e. The van der Waals surface area contributed by atoms with Crippen LogP contribution in [0.15, 0.2) is 16.6 Å². The molecule has 0 spiro atoms. The number of alkyl halides is 3. The van der Waals surface area contributed by atoms with Crippen molar-refractivity contribution in [1.82, 2.24) is 0 Å². The molecule has 0 atom stereocenters. The molecule has 0 N–H and O–H groups in total. The van der Waals surface area contributed by atoms with Crippen LogP contribution in [0.25, 0.3) is 0 Å². The van der Waals surface area contributed by atoms with Gasteiger partial charge in [0.05, 0.1) is 5.56 Å². The Bertz CT molecular complexity index is 305. The summed E-state index contributed by atoms with van der Waals surface area (Å²) in [6.45, 7) is 2.92. The Morgan fingerprint density at radius 1 is 1.08 bits per heavy atom. The third-order valence-electron chi connectivity index (χ3n) is 1.78. The third-order valence-corrected chi connectivity index (χ3v) is 2.24. The van der Waals surface area contributed by atoms with Gasteiger partial charge in [-0.3, -0.25) is 0 Å². The lowest BCUT2D eigenvalue weighted by molar-refractivity contribution is -0.138. The van der Waals surface area contributed by atoms with Gasteiger partial charge in [-0.25, -0.2) is 0 Å². The maximum atomic E-state index is 12.4. The molecular weight excluding hydrogens is 245 g/mol. The van der Waals surface area contributed by atoms with Crippen molar-refractivity contribution in [3.63, 3.8) is 0 Å². The van der Waals surface area contributed by atoms with E-state index in [4.69, 9.17) is 0 Å². The molecular formula is C9H8BrF3. The number of aryl methyl sites for hydroxylation is 2. The highest BCUT2D eigenvalue weighted by Crippen LogP contribution is 2.35. The summed E-state index contributed by atoms with van der Waals surface area (Å²) < 4.78 is 38.0. The quantitative estimate of drug-likeness (QED) is 0.653. The van der Waals surface area contributed by atoms with Crippen molar-refractivity contribution in [2.45, 2.75) is 20.0 Å². The van der Waals surface area contributed by atoms with Gasteiger partial charge in [0.25, 0.3) is 0 Å². The Balaban J connectivity index is 3.38. The van der Waals surface area contributed by atoms with Gasteiger partial charge < -0.3 is 0 Å². The van der Waals surface area contributed by atoms with Crippen molar-refractivity contribution in [3.8, 4) is 0 Å². The lowest BCUT2D eigenvalue weighted by Gasteiger charge is -2.13. The second kappa shape index (κ2) is 3.33. The topological polar surface area (TPSA) is 0 Å². The first-order valence-electron chi connectivity index (χ1n) is 3.66. The van der Waals surface area contributed by atoms with Gasteiger partial charge in [-0.2, -0.15) is 13.2 Å². The standard InChI is InChI=1S/C9H8BrF3/c1-5-3-7(10)4-6(2)8(5)9(11,12)13/h3-4H,1-2H3. The normalized spacial score (nSPS) is 11.8. The highest BCUT2D eigenvalue weighted by Gasteiger charge is 2.34. The Labute approximate surface area is 82.9 Å². The third kappa shape index (κ3) is 2.24. The van der Waals surface area contributed by atoms with E-state index in [0.29, 0.717) is 4.47 Å². The summed E-state index contributed by atoms with van der Waals surface area (Å²) in [4.78, 5) is 0. The van der Waals surface area contributed by atoms with Crippen LogP contribution in [-0.2, 0) is 6.18 Å². The zero-order valence-corrected chi connectivity index (χ0v) is 8.75. The maximum absolute atomic E-state index is 12.4. The molecule has 0 aromatic heterocycles. The van der Waals surface area contributed by atoms with Crippen LogP contribution in [-0.4, -0.2) is 0 Å². The number of benzene rings is 1. The molecule has 0 nitrogen and oxygen atoms in total. The second-order valence-electron chi connectivity index (χ2n) is 2.91. The molecule has 0 aliphatic rings. The maximum Gasteiger partial charge on any atom is 0.416 e. The zero-order chi connectivity index (χ0) is 10.2. The van der Waals surface area contributed by atoms with E-state index in [1.54, 1.807) is 0 Å². The molecule has 0 aliphatic carbocycles. The molecule has 0 bridgehead atoms. The molecule has 4 heteroatoms. The minimum absolute atomic E-state index is 0.249. The molecule has 0 radical (unpaired) electrons. The summed E-state index contributed by atoms with van der Waals surface area (Å²) >= 11 is 3.15. The molecule has 0 aliphatic heterocycles. The average molecular weight is 253 g/mol. The first-order chi connectivity index (χ1) is 5.82. The molecule has 13 heavy (non-hydrogen) atoms. The number of rotatable bonds is 0. The molecule has 0 saturated heterocycles. The van der Waals surface area contributed by atoms with Crippen molar-refractivity contribution in [2.75, 3.05) is 0 Å². The summed E-state index contributed by atoms with van der Waals surface area (Å²) in [6, 6.07) is 2.94. The summed E-state index contributed by atoms with van der Waals surface area (Å²) in [7, 11) is 0. The van der Waals surface area contributed by atoms with Crippen molar-refractivity contribution < 1.29 is 13.2 Å². The summed E-state index contributed by atoms with van der Waals surface area (Å²) in [5, 5.41) is 0. The molecule has 0 saturated carbocycles. The average Bonchev–Trinajstić information content (AvgIpc) is 1.78. The minimum atomic E-state index is -4.26. The summed E-state index contributed by atoms with van der Waals surface area (Å²) in [6.07, 6.45) is -4.26. The van der Waals surface area contributed by atoms with Crippen molar-refractivity contribution in [3.05, 3.63) is 33.3 Å². The van der Waals surface area contributed by atoms with E-state index in [1.165, 1.54) is 26.0 Å². The minimum Gasteiger partial charge on any atom is -0.166 e. The molecule has 0 amide bonds. The smallest absolute Gasteiger partial charge is 0.166 e. The molecule has 1 aromatic rings. The molecule has 1 rings (SSSR count). The fourth-order valence-corrected chi connectivity index (χ4v) is 2.04. The predicted molar refractivity (Wildman–Crippen MR) is 48.6 cm³/mol. The van der Waals surface area contributed by atoms with Crippen LogP contribution in [0.3, 0.4) is 0 Å². The van der Waals surface area contributed by atoms with Crippen LogP contribution < -0.4 is 0 Å². The van der Waals surface area contributed by atoms with Crippen LogP contribution in [0.4, 0.5) is 13.2 Å². The van der Waals surface area contributed by atoms with Gasteiger partial charge in [0.15, 0.2) is 0 Å². The van der Waals surface area contributed by atoms with Gasteiger partial charge in [0.1, 0.15) is 0 Å². The zero-order valence-electron chi connectivity index (χ0n) is 7.17. The van der Waals surface area contributed by atoms with Crippen LogP contribution in [0.2, 0.25) is 0 Å². The van der Waals surface area contributed by atoms with Crippen LogP contribution >= 0.6 is 15.9 Å². The van der Waals surface area contributed by atoms with E-state index < -0.39 is 11.7 Å². The van der Waals surface area contributed by atoms with E-state index in [-0.39, 0.29) is 11.1 Å². The van der Waals surface area contributed by atoms with Crippen molar-refractivity contribution in [2.24, 2.45) is 0 Å². The van der Waals surface area contributed by atoms with E-state index in [1.807, 2.05) is 0 Å². The highest BCUT2D eigenvalue weighted by atomic mass is 79.9. The Kier molecular flexibility index (Phi) is 2.71. The Morgan fingerprint density at radius 3 is 1.77 bits per heavy atom. The molecule has 0 heterocycles. The van der Waals surface area contributed by atoms with Gasteiger partial charge in [-0.15, -0.1) is 0 Å². The molecule has 1 aromatic carbocycles. The monoisotopic (exact) mass is 252 g/mol. The van der Waals surface area contributed by atoms with E-state index in [2.05, 4.69) is 15.9 Å². The molecule has 0 unspecified atom stereocenters. The SMILES string of the molecule is Cc1cc(Br)cc(C)c1C(F)(F)F. The number of hydrogen-bond acceptors (Lipinski definition) is 0. The van der Waals surface area contributed by atoms with Gasteiger partial charge in [0.2, 0.25) is 0 Å². The molecule has 72 valence electrons. The van der Waals surface area contributed by atoms with Crippen LogP contribution in [0, 0.1) is 13.8 Å². The lowest BCUT2D eigenvalue weighted by atomic mass is 10.0. The Hall–Kier alpha value is -0.510. The van der Waals surface area contributed by atoms with Crippen molar-refractivity contribution in [1.29, 1.82) is 0 Å². The van der Waals surface area contributed by atoms with Gasteiger partial charge >= 0.3 is 6.18 Å². The summed E-state index contributed by atoms with van der Waals surface area (Å²) in [5.41, 5.74) is -0.0329. The van der Waals surface area contributed by atoms with E-state index in [0.717, 1.165) is 0 Å². The van der Waals surface area contributed by atoms with Gasteiger partial charge in [-0.05, 0) is 37.1 Å². The fraction of sp³-hybridized carbons (Fsp3) is 0.333. The number of hydrogen-bond donors (Lipinski definition) is 0. The number of halogens is 4. The van der Waals surface area contributed by atoms with Crippen LogP contribution in [0.5, 0.6) is 0 Å². The lowest BCUT2D eigenvalue weighted by Crippen LogP contribution is -2.09. The van der Waals surface area contributed by atoms with E-state index >= 15 is 0 Å².